The Labute approximate surface area is 224 Å². The van der Waals surface area contributed by atoms with Crippen LogP contribution in [0.4, 0.5) is 13.2 Å². The van der Waals surface area contributed by atoms with Crippen LogP contribution in [0.15, 0.2) is 55.0 Å². The first-order valence-corrected chi connectivity index (χ1v) is 12.9. The van der Waals surface area contributed by atoms with Gasteiger partial charge in [0.25, 0.3) is 0 Å². The zero-order valence-corrected chi connectivity index (χ0v) is 21.9. The summed E-state index contributed by atoms with van der Waals surface area (Å²) in [6.45, 7) is 8.25. The molecule has 2 aromatic heterocycles. The quantitative estimate of drug-likeness (QED) is 0.293. The third-order valence-electron chi connectivity index (χ3n) is 7.18. The van der Waals surface area contributed by atoms with E-state index in [9.17, 15) is 18.0 Å². The third-order valence-corrected chi connectivity index (χ3v) is 7.18. The lowest BCUT2D eigenvalue weighted by Crippen LogP contribution is -2.45. The van der Waals surface area contributed by atoms with Crippen molar-refractivity contribution in [2.75, 3.05) is 32.7 Å². The van der Waals surface area contributed by atoms with Crippen LogP contribution in [0.1, 0.15) is 39.5 Å². The summed E-state index contributed by atoms with van der Waals surface area (Å²) >= 11 is 0. The minimum Gasteiger partial charge on any atom is -0.438 e. The molecule has 39 heavy (non-hydrogen) atoms. The molecule has 0 atom stereocenters. The number of hydrogen-bond acceptors (Lipinski definition) is 6. The second kappa shape index (κ2) is 11.2. The van der Waals surface area contributed by atoms with Gasteiger partial charge in [0.05, 0.1) is 10.9 Å². The third kappa shape index (κ3) is 6.12. The predicted octanol–water partition coefficient (Wildman–Crippen LogP) is 5.64. The van der Waals surface area contributed by atoms with E-state index >= 15 is 0 Å². The van der Waals surface area contributed by atoms with Gasteiger partial charge >= 0.3 is 6.18 Å². The number of aromatic amines is 1. The van der Waals surface area contributed by atoms with E-state index in [2.05, 4.69) is 26.8 Å². The fourth-order valence-electron chi connectivity index (χ4n) is 4.84. The summed E-state index contributed by atoms with van der Waals surface area (Å²) in [5.41, 5.74) is 1.63. The Bertz CT molecular complexity index is 1480. The number of hydrogen-bond donors (Lipinski definition) is 1. The first-order valence-electron chi connectivity index (χ1n) is 12.9. The molecule has 0 saturated carbocycles. The molecule has 1 fully saturated rings. The number of nitrogens with zero attached hydrogens (tertiary/aromatic N) is 4. The SMILES string of the molecule is CCN1CCN(Cc2ccc(CC(=O)c3ccc(C)c(Oc4ncnc5[nH]ccc45)c3)cc2C(F)(F)F)CC1. The van der Waals surface area contributed by atoms with Crippen LogP contribution in [0, 0.1) is 6.92 Å². The second-order valence-corrected chi connectivity index (χ2v) is 9.80. The van der Waals surface area contributed by atoms with Gasteiger partial charge in [-0.3, -0.25) is 9.69 Å². The van der Waals surface area contributed by atoms with Gasteiger partial charge in [-0.1, -0.05) is 31.2 Å². The Balaban J connectivity index is 1.33. The first kappa shape index (κ1) is 26.8. The summed E-state index contributed by atoms with van der Waals surface area (Å²) in [5, 5.41) is 0.695. The summed E-state index contributed by atoms with van der Waals surface area (Å²) < 4.78 is 48.0. The van der Waals surface area contributed by atoms with Crippen molar-refractivity contribution in [2.24, 2.45) is 0 Å². The van der Waals surface area contributed by atoms with Crippen LogP contribution in [0.25, 0.3) is 11.0 Å². The van der Waals surface area contributed by atoms with E-state index in [0.717, 1.165) is 44.4 Å². The maximum Gasteiger partial charge on any atom is 0.416 e. The Morgan fingerprint density at radius 2 is 1.79 bits per heavy atom. The number of Topliss-reactive ketones (excluding diaryl/α,β-unsaturated/α-hetero) is 1. The lowest BCUT2D eigenvalue weighted by Gasteiger charge is -2.34. The van der Waals surface area contributed by atoms with Crippen LogP contribution < -0.4 is 4.74 Å². The number of likely N-dealkylation sites (N-methyl/N-ethyl adjacent to an activating group) is 1. The van der Waals surface area contributed by atoms with Gasteiger partial charge in [0.15, 0.2) is 5.78 Å². The fourth-order valence-corrected chi connectivity index (χ4v) is 4.84. The standard InChI is InChI=1S/C29H30F3N5O2/c1-3-36-10-12-37(13-11-36)17-22-7-5-20(14-24(22)29(30,31)32)15-25(38)21-6-4-19(2)26(16-21)39-28-23-8-9-33-27(23)34-18-35-28/h4-9,14,16,18H,3,10-13,15,17H2,1-2H3,(H,33,34,35). The number of rotatable bonds is 8. The predicted molar refractivity (Wildman–Crippen MR) is 142 cm³/mol. The number of aryl methyl sites for hydroxylation is 1. The monoisotopic (exact) mass is 537 g/mol. The number of ether oxygens (including phenoxy) is 1. The van der Waals surface area contributed by atoms with Crippen molar-refractivity contribution < 1.29 is 22.7 Å². The number of nitrogens with one attached hydrogen (secondary N) is 1. The normalized spacial score (nSPS) is 15.1. The summed E-state index contributed by atoms with van der Waals surface area (Å²) in [6.07, 6.45) is -1.56. The number of alkyl halides is 3. The molecule has 1 N–H and O–H groups in total. The lowest BCUT2D eigenvalue weighted by molar-refractivity contribution is -0.138. The maximum absolute atomic E-state index is 14.0. The van der Waals surface area contributed by atoms with Gasteiger partial charge in [-0.25, -0.2) is 9.97 Å². The topological polar surface area (TPSA) is 74.3 Å². The number of halogens is 3. The van der Waals surface area contributed by atoms with Gasteiger partial charge in [0.1, 0.15) is 17.7 Å². The Morgan fingerprint density at radius 1 is 1.03 bits per heavy atom. The van der Waals surface area contributed by atoms with Gasteiger partial charge < -0.3 is 14.6 Å². The van der Waals surface area contributed by atoms with Crippen molar-refractivity contribution in [3.8, 4) is 11.6 Å². The van der Waals surface area contributed by atoms with Crippen LogP contribution in [0.5, 0.6) is 11.6 Å². The number of fused-ring (bicyclic) bond motifs is 1. The van der Waals surface area contributed by atoms with E-state index in [1.54, 1.807) is 36.5 Å². The van der Waals surface area contributed by atoms with Crippen molar-refractivity contribution in [3.63, 3.8) is 0 Å². The van der Waals surface area contributed by atoms with E-state index in [-0.39, 0.29) is 24.3 Å². The Morgan fingerprint density at radius 3 is 2.54 bits per heavy atom. The molecule has 1 saturated heterocycles. The van der Waals surface area contributed by atoms with Crippen molar-refractivity contribution in [1.29, 1.82) is 0 Å². The molecule has 5 rings (SSSR count). The molecule has 0 amide bonds. The van der Waals surface area contributed by atoms with Crippen molar-refractivity contribution in [2.45, 2.75) is 33.0 Å². The molecule has 0 bridgehead atoms. The van der Waals surface area contributed by atoms with E-state index in [0.29, 0.717) is 33.8 Å². The summed E-state index contributed by atoms with van der Waals surface area (Å²) in [5.74, 6) is 0.484. The summed E-state index contributed by atoms with van der Waals surface area (Å²) in [7, 11) is 0. The molecule has 0 unspecified atom stereocenters. The van der Waals surface area contributed by atoms with Crippen LogP contribution in [0.3, 0.4) is 0 Å². The Kier molecular flexibility index (Phi) is 7.67. The number of carbonyl (C=O) groups is 1. The smallest absolute Gasteiger partial charge is 0.416 e. The first-order chi connectivity index (χ1) is 18.7. The highest BCUT2D eigenvalue weighted by atomic mass is 19.4. The largest absolute Gasteiger partial charge is 0.438 e. The van der Waals surface area contributed by atoms with Gasteiger partial charge in [0.2, 0.25) is 5.88 Å². The molecule has 2 aromatic carbocycles. The van der Waals surface area contributed by atoms with E-state index < -0.39 is 11.7 Å². The highest BCUT2D eigenvalue weighted by molar-refractivity contribution is 5.98. The van der Waals surface area contributed by atoms with Gasteiger partial charge in [-0.2, -0.15) is 13.2 Å². The molecule has 4 aromatic rings. The molecule has 0 aliphatic carbocycles. The number of piperazine rings is 1. The average Bonchev–Trinajstić information content (AvgIpc) is 3.40. The summed E-state index contributed by atoms with van der Waals surface area (Å²) in [4.78, 5) is 28.8. The van der Waals surface area contributed by atoms with Crippen molar-refractivity contribution in [3.05, 3.63) is 82.8 Å². The van der Waals surface area contributed by atoms with E-state index in [1.807, 2.05) is 11.8 Å². The summed E-state index contributed by atoms with van der Waals surface area (Å²) in [6, 6.07) is 11.1. The molecular formula is C29H30F3N5O2. The molecule has 10 heteroatoms. The van der Waals surface area contributed by atoms with Gasteiger partial charge in [0, 0.05) is 50.9 Å². The number of H-pyrrole nitrogens is 1. The highest BCUT2D eigenvalue weighted by Crippen LogP contribution is 2.34. The molecular weight excluding hydrogens is 507 g/mol. The number of carbonyl (C=O) groups excluding carboxylic acids is 1. The van der Waals surface area contributed by atoms with Crippen LogP contribution >= 0.6 is 0 Å². The van der Waals surface area contributed by atoms with Crippen LogP contribution in [-0.2, 0) is 19.1 Å². The van der Waals surface area contributed by atoms with E-state index in [1.165, 1.54) is 12.4 Å². The molecule has 7 nitrogen and oxygen atoms in total. The highest BCUT2D eigenvalue weighted by Gasteiger charge is 2.34. The number of aromatic nitrogens is 3. The fraction of sp³-hybridized carbons (Fsp3) is 0.345. The molecule has 0 radical (unpaired) electrons. The molecule has 204 valence electrons. The minimum absolute atomic E-state index is 0.156. The molecule has 1 aliphatic rings. The van der Waals surface area contributed by atoms with Crippen molar-refractivity contribution >= 4 is 16.8 Å². The zero-order valence-electron chi connectivity index (χ0n) is 21.9. The van der Waals surface area contributed by atoms with Crippen molar-refractivity contribution in [1.82, 2.24) is 24.8 Å². The second-order valence-electron chi connectivity index (χ2n) is 9.80. The molecule has 1 aliphatic heterocycles. The Hall–Kier alpha value is -3.76. The van der Waals surface area contributed by atoms with Crippen LogP contribution in [0.2, 0.25) is 0 Å². The van der Waals surface area contributed by atoms with E-state index in [4.69, 9.17) is 4.74 Å². The number of ketones is 1. The maximum atomic E-state index is 14.0. The number of benzene rings is 2. The molecule has 3 heterocycles. The average molecular weight is 538 g/mol. The van der Waals surface area contributed by atoms with Crippen LogP contribution in [-0.4, -0.2) is 63.3 Å². The minimum atomic E-state index is -4.51. The molecule has 0 spiro atoms. The zero-order chi connectivity index (χ0) is 27.6. The van der Waals surface area contributed by atoms with Gasteiger partial charge in [-0.15, -0.1) is 0 Å². The van der Waals surface area contributed by atoms with Gasteiger partial charge in [-0.05, 0) is 48.4 Å². The lowest BCUT2D eigenvalue weighted by atomic mass is 9.97.